The molecular weight excluding hydrogens is 493 g/mol. The number of carbonyl (C=O) groups is 1. The Balaban J connectivity index is 0.00000320. The molecule has 1 amide bonds. The Bertz CT molecular complexity index is 855. The fourth-order valence-corrected chi connectivity index (χ4v) is 3.73. The number of aryl methyl sites for hydroxylation is 2. The lowest BCUT2D eigenvalue weighted by atomic mass is 9.93. The lowest BCUT2D eigenvalue weighted by Crippen LogP contribution is -2.45. The van der Waals surface area contributed by atoms with Gasteiger partial charge >= 0.3 is 0 Å². The Hall–Kier alpha value is -2.17. The highest BCUT2D eigenvalue weighted by Crippen LogP contribution is 2.20. The number of halogens is 1. The fourth-order valence-electron chi connectivity index (χ4n) is 3.73. The molecule has 0 atom stereocenters. The molecule has 0 radical (unpaired) electrons. The van der Waals surface area contributed by atoms with Crippen molar-refractivity contribution < 1.29 is 4.79 Å². The molecule has 0 aliphatic carbocycles. The molecule has 3 rings (SSSR count). The molecule has 2 N–H and O–H groups in total. The number of carbonyl (C=O) groups excluding carboxylic acids is 1. The Morgan fingerprint density at radius 1 is 1.27 bits per heavy atom. The van der Waals surface area contributed by atoms with Crippen LogP contribution in [0.4, 0.5) is 0 Å². The van der Waals surface area contributed by atoms with Crippen molar-refractivity contribution >= 4 is 35.8 Å². The van der Waals surface area contributed by atoms with E-state index < -0.39 is 0 Å². The van der Waals surface area contributed by atoms with Gasteiger partial charge in [0, 0.05) is 52.0 Å². The highest BCUT2D eigenvalue weighted by Gasteiger charge is 2.23. The third-order valence-corrected chi connectivity index (χ3v) is 5.37. The number of rotatable bonds is 5. The van der Waals surface area contributed by atoms with Crippen molar-refractivity contribution in [1.82, 2.24) is 30.3 Å². The SMILES string of the molecule is CN=C(NCc1ccc(-n2nc(C)cc2C)nc1)N1CCC(CC(=O)NC)CC1.I. The number of nitrogens with one attached hydrogen (secondary N) is 2. The number of hydrogen-bond acceptors (Lipinski definition) is 4. The van der Waals surface area contributed by atoms with Crippen molar-refractivity contribution in [3.63, 3.8) is 0 Å². The first-order valence-corrected chi connectivity index (χ1v) is 10.1. The van der Waals surface area contributed by atoms with Gasteiger partial charge < -0.3 is 15.5 Å². The number of likely N-dealkylation sites (tertiary alicyclic amines) is 1. The second-order valence-corrected chi connectivity index (χ2v) is 7.57. The van der Waals surface area contributed by atoms with Gasteiger partial charge in [-0.3, -0.25) is 9.79 Å². The first-order chi connectivity index (χ1) is 14.0. The van der Waals surface area contributed by atoms with Gasteiger partial charge in [0.2, 0.25) is 5.91 Å². The zero-order valence-electron chi connectivity index (χ0n) is 18.2. The Labute approximate surface area is 195 Å². The summed E-state index contributed by atoms with van der Waals surface area (Å²) in [6.07, 6.45) is 4.51. The van der Waals surface area contributed by atoms with Crippen molar-refractivity contribution in [2.45, 2.75) is 39.7 Å². The van der Waals surface area contributed by atoms with Gasteiger partial charge in [0.15, 0.2) is 11.8 Å². The third-order valence-electron chi connectivity index (χ3n) is 5.37. The second-order valence-electron chi connectivity index (χ2n) is 7.57. The highest BCUT2D eigenvalue weighted by atomic mass is 127. The number of piperidine rings is 1. The quantitative estimate of drug-likeness (QED) is 0.356. The maximum absolute atomic E-state index is 11.6. The molecule has 1 saturated heterocycles. The molecule has 0 unspecified atom stereocenters. The summed E-state index contributed by atoms with van der Waals surface area (Å²) in [5.41, 5.74) is 3.14. The van der Waals surface area contributed by atoms with Crippen molar-refractivity contribution in [3.8, 4) is 5.82 Å². The summed E-state index contributed by atoms with van der Waals surface area (Å²) < 4.78 is 1.86. The molecule has 1 aliphatic heterocycles. The number of guanidine groups is 1. The summed E-state index contributed by atoms with van der Waals surface area (Å²) >= 11 is 0. The number of aromatic nitrogens is 3. The van der Waals surface area contributed by atoms with Crippen molar-refractivity contribution in [3.05, 3.63) is 41.3 Å². The molecule has 1 fully saturated rings. The lowest BCUT2D eigenvalue weighted by molar-refractivity contribution is -0.121. The van der Waals surface area contributed by atoms with E-state index in [1.54, 1.807) is 7.05 Å². The lowest BCUT2D eigenvalue weighted by Gasteiger charge is -2.34. The van der Waals surface area contributed by atoms with Crippen LogP contribution in [0.5, 0.6) is 0 Å². The van der Waals surface area contributed by atoms with Gasteiger partial charge in [-0.1, -0.05) is 6.07 Å². The number of nitrogens with zero attached hydrogens (tertiary/aromatic N) is 5. The number of pyridine rings is 1. The molecule has 164 valence electrons. The molecule has 1 aliphatic rings. The normalized spacial score (nSPS) is 14.9. The minimum atomic E-state index is 0. The smallest absolute Gasteiger partial charge is 0.220 e. The van der Waals surface area contributed by atoms with Crippen LogP contribution < -0.4 is 10.6 Å². The molecule has 30 heavy (non-hydrogen) atoms. The van der Waals surface area contributed by atoms with Crippen LogP contribution in [0, 0.1) is 19.8 Å². The number of amides is 1. The summed E-state index contributed by atoms with van der Waals surface area (Å²) in [5.74, 6) is 2.30. The summed E-state index contributed by atoms with van der Waals surface area (Å²) in [6, 6.07) is 6.09. The maximum Gasteiger partial charge on any atom is 0.220 e. The average molecular weight is 525 g/mol. The van der Waals surface area contributed by atoms with Crippen LogP contribution in [0.25, 0.3) is 5.82 Å². The molecule has 0 saturated carbocycles. The van der Waals surface area contributed by atoms with E-state index >= 15 is 0 Å². The predicted octanol–water partition coefficient (Wildman–Crippen LogP) is 2.43. The first kappa shape index (κ1) is 24.1. The van der Waals surface area contributed by atoms with E-state index in [0.29, 0.717) is 18.9 Å². The maximum atomic E-state index is 11.6. The van der Waals surface area contributed by atoms with E-state index in [9.17, 15) is 4.79 Å². The third kappa shape index (κ3) is 6.16. The molecule has 9 heteroatoms. The summed E-state index contributed by atoms with van der Waals surface area (Å²) in [7, 11) is 3.50. The van der Waals surface area contributed by atoms with E-state index in [1.165, 1.54) is 0 Å². The minimum absolute atomic E-state index is 0. The van der Waals surface area contributed by atoms with Gasteiger partial charge in [-0.25, -0.2) is 9.67 Å². The van der Waals surface area contributed by atoms with Gasteiger partial charge in [0.1, 0.15) is 0 Å². The van der Waals surface area contributed by atoms with Gasteiger partial charge in [0.05, 0.1) is 5.69 Å². The van der Waals surface area contributed by atoms with E-state index in [1.807, 2.05) is 43.9 Å². The zero-order valence-corrected chi connectivity index (χ0v) is 20.5. The molecule has 2 aromatic heterocycles. The van der Waals surface area contributed by atoms with Crippen LogP contribution >= 0.6 is 24.0 Å². The predicted molar refractivity (Wildman–Crippen MR) is 129 cm³/mol. The fraction of sp³-hybridized carbons (Fsp3) is 0.524. The average Bonchev–Trinajstić information content (AvgIpc) is 3.08. The summed E-state index contributed by atoms with van der Waals surface area (Å²) in [4.78, 5) is 22.8. The molecule has 0 aromatic carbocycles. The van der Waals surface area contributed by atoms with Crippen LogP contribution in [0.2, 0.25) is 0 Å². The van der Waals surface area contributed by atoms with Crippen molar-refractivity contribution in [2.75, 3.05) is 27.2 Å². The van der Waals surface area contributed by atoms with Gasteiger partial charge in [-0.05, 0) is 50.3 Å². The Kier molecular flexibility index (Phi) is 9.07. The van der Waals surface area contributed by atoms with Crippen LogP contribution in [-0.4, -0.2) is 58.7 Å². The summed E-state index contributed by atoms with van der Waals surface area (Å²) in [6.45, 7) is 6.50. The Morgan fingerprint density at radius 3 is 2.53 bits per heavy atom. The largest absolute Gasteiger partial charge is 0.359 e. The van der Waals surface area contributed by atoms with E-state index in [-0.39, 0.29) is 29.9 Å². The van der Waals surface area contributed by atoms with Crippen LogP contribution in [0.1, 0.15) is 36.2 Å². The Morgan fingerprint density at radius 2 is 2.00 bits per heavy atom. The number of aliphatic imine (C=N–C) groups is 1. The first-order valence-electron chi connectivity index (χ1n) is 10.1. The molecular formula is C21H32IN7O. The second kappa shape index (κ2) is 11.3. The molecule has 3 heterocycles. The molecule has 0 bridgehead atoms. The zero-order chi connectivity index (χ0) is 20.8. The summed E-state index contributed by atoms with van der Waals surface area (Å²) in [5, 5.41) is 10.6. The molecule has 2 aromatic rings. The van der Waals surface area contributed by atoms with Crippen LogP contribution in [0.3, 0.4) is 0 Å². The van der Waals surface area contributed by atoms with E-state index in [4.69, 9.17) is 0 Å². The standard InChI is InChI=1S/C21H31N7O.HI/c1-15-11-16(2)28(26-15)19-6-5-18(13-24-19)14-25-21(23-4)27-9-7-17(8-10-27)12-20(29)22-3;/h5-6,11,13,17H,7-10,12,14H2,1-4H3,(H,22,29)(H,23,25);1H. The van der Waals surface area contributed by atoms with Crippen LogP contribution in [-0.2, 0) is 11.3 Å². The minimum Gasteiger partial charge on any atom is -0.359 e. The monoisotopic (exact) mass is 525 g/mol. The van der Waals surface area contributed by atoms with Crippen molar-refractivity contribution in [1.29, 1.82) is 0 Å². The molecule has 8 nitrogen and oxygen atoms in total. The van der Waals surface area contributed by atoms with Crippen molar-refractivity contribution in [2.24, 2.45) is 10.9 Å². The van der Waals surface area contributed by atoms with E-state index in [0.717, 1.165) is 54.7 Å². The topological polar surface area (TPSA) is 87.4 Å². The molecule has 0 spiro atoms. The van der Waals surface area contributed by atoms with Gasteiger partial charge in [-0.2, -0.15) is 5.10 Å². The van der Waals surface area contributed by atoms with Gasteiger partial charge in [0.25, 0.3) is 0 Å². The highest BCUT2D eigenvalue weighted by molar-refractivity contribution is 14.0. The van der Waals surface area contributed by atoms with Crippen LogP contribution in [0.15, 0.2) is 29.4 Å². The van der Waals surface area contributed by atoms with Gasteiger partial charge in [-0.15, -0.1) is 24.0 Å². The number of hydrogen-bond donors (Lipinski definition) is 2. The van der Waals surface area contributed by atoms with E-state index in [2.05, 4.69) is 36.7 Å².